The minimum absolute atomic E-state index is 0.00141. The number of rotatable bonds is 10. The fourth-order valence-corrected chi connectivity index (χ4v) is 3.60. The van der Waals surface area contributed by atoms with E-state index in [1.54, 1.807) is 25.1 Å². The molecule has 2 atom stereocenters. The van der Waals surface area contributed by atoms with Gasteiger partial charge >= 0.3 is 0 Å². The Hall–Kier alpha value is -2.24. The van der Waals surface area contributed by atoms with Crippen LogP contribution in [0.3, 0.4) is 0 Å². The Bertz CT molecular complexity index is 896. The molecule has 0 radical (unpaired) electrons. The SMILES string of the molecule is CC[C@H](C)NC(=O)[C@@H](C)N(Cc1c(Cl)cccc1Cl)C(=O)COc1ccc(C(C)C)cc1. The Morgan fingerprint density at radius 2 is 1.59 bits per heavy atom. The van der Waals surface area contributed by atoms with Crippen LogP contribution < -0.4 is 10.1 Å². The molecule has 32 heavy (non-hydrogen) atoms. The van der Waals surface area contributed by atoms with E-state index in [0.29, 0.717) is 27.3 Å². The summed E-state index contributed by atoms with van der Waals surface area (Å²) in [7, 11) is 0. The van der Waals surface area contributed by atoms with Crippen molar-refractivity contribution in [2.24, 2.45) is 0 Å². The third-order valence-corrected chi connectivity index (χ3v) is 6.18. The van der Waals surface area contributed by atoms with Gasteiger partial charge in [-0.2, -0.15) is 0 Å². The zero-order valence-electron chi connectivity index (χ0n) is 19.3. The predicted octanol–water partition coefficient (Wildman–Crippen LogP) is 5.83. The molecule has 0 spiro atoms. The first kappa shape index (κ1) is 26.0. The number of ether oxygens (including phenoxy) is 1. The molecule has 0 aliphatic carbocycles. The van der Waals surface area contributed by atoms with Crippen LogP contribution in [-0.4, -0.2) is 35.4 Å². The monoisotopic (exact) mass is 478 g/mol. The number of carbonyl (C=O) groups excluding carboxylic acids is 2. The Morgan fingerprint density at radius 1 is 1.00 bits per heavy atom. The molecule has 2 amide bonds. The van der Waals surface area contributed by atoms with Crippen molar-refractivity contribution in [2.45, 2.75) is 65.6 Å². The number of carbonyl (C=O) groups is 2. The number of nitrogens with zero attached hydrogens (tertiary/aromatic N) is 1. The number of hydrogen-bond acceptors (Lipinski definition) is 3. The predicted molar refractivity (Wildman–Crippen MR) is 130 cm³/mol. The maximum Gasteiger partial charge on any atom is 0.261 e. The highest BCUT2D eigenvalue weighted by atomic mass is 35.5. The van der Waals surface area contributed by atoms with Gasteiger partial charge in [0.2, 0.25) is 5.91 Å². The highest BCUT2D eigenvalue weighted by Crippen LogP contribution is 2.27. The van der Waals surface area contributed by atoms with E-state index in [1.807, 2.05) is 38.1 Å². The molecule has 0 saturated carbocycles. The van der Waals surface area contributed by atoms with Crippen molar-refractivity contribution >= 4 is 35.0 Å². The molecular formula is C25H32Cl2N2O3. The second-order valence-corrected chi connectivity index (χ2v) is 9.04. The van der Waals surface area contributed by atoms with E-state index in [2.05, 4.69) is 19.2 Å². The molecule has 7 heteroatoms. The first-order valence-electron chi connectivity index (χ1n) is 10.9. The zero-order chi connectivity index (χ0) is 23.8. The van der Waals surface area contributed by atoms with E-state index in [4.69, 9.17) is 27.9 Å². The van der Waals surface area contributed by atoms with Gasteiger partial charge in [0.05, 0.1) is 0 Å². The normalized spacial score (nSPS) is 12.9. The van der Waals surface area contributed by atoms with Crippen molar-refractivity contribution in [3.8, 4) is 5.75 Å². The molecule has 0 aliphatic rings. The number of benzene rings is 2. The summed E-state index contributed by atoms with van der Waals surface area (Å²) in [6.07, 6.45) is 0.790. The second-order valence-electron chi connectivity index (χ2n) is 8.23. The molecule has 1 N–H and O–H groups in total. The molecular weight excluding hydrogens is 447 g/mol. The summed E-state index contributed by atoms with van der Waals surface area (Å²) in [4.78, 5) is 27.4. The molecule has 0 unspecified atom stereocenters. The summed E-state index contributed by atoms with van der Waals surface area (Å²) in [6.45, 7) is 9.72. The third-order valence-electron chi connectivity index (χ3n) is 5.47. The molecule has 0 aliphatic heterocycles. The first-order chi connectivity index (χ1) is 15.1. The van der Waals surface area contributed by atoms with Gasteiger partial charge < -0.3 is 15.0 Å². The lowest BCUT2D eigenvalue weighted by molar-refractivity contribution is -0.142. The number of halogens is 2. The van der Waals surface area contributed by atoms with E-state index in [9.17, 15) is 9.59 Å². The molecule has 5 nitrogen and oxygen atoms in total. The van der Waals surface area contributed by atoms with Crippen LogP contribution in [0.4, 0.5) is 0 Å². The van der Waals surface area contributed by atoms with Crippen LogP contribution in [0.1, 0.15) is 58.1 Å². The summed E-state index contributed by atoms with van der Waals surface area (Å²) in [6, 6.07) is 12.1. The average molecular weight is 479 g/mol. The van der Waals surface area contributed by atoms with Crippen LogP contribution >= 0.6 is 23.2 Å². The Kier molecular flexibility index (Phi) is 9.85. The molecule has 0 bridgehead atoms. The summed E-state index contributed by atoms with van der Waals surface area (Å²) < 4.78 is 5.72. The fraction of sp³-hybridized carbons (Fsp3) is 0.440. The van der Waals surface area contributed by atoms with Crippen LogP contribution in [0, 0.1) is 0 Å². The van der Waals surface area contributed by atoms with Gasteiger partial charge in [-0.15, -0.1) is 0 Å². The Balaban J connectivity index is 2.20. The van der Waals surface area contributed by atoms with Crippen LogP contribution in [-0.2, 0) is 16.1 Å². The lowest BCUT2D eigenvalue weighted by Crippen LogP contribution is -2.50. The van der Waals surface area contributed by atoms with Crippen molar-refractivity contribution in [2.75, 3.05) is 6.61 Å². The molecule has 0 fully saturated rings. The maximum atomic E-state index is 13.2. The highest BCUT2D eigenvalue weighted by molar-refractivity contribution is 6.36. The van der Waals surface area contributed by atoms with Crippen LogP contribution in [0.5, 0.6) is 5.75 Å². The Morgan fingerprint density at radius 3 is 2.12 bits per heavy atom. The standard InChI is InChI=1S/C25H32Cl2N2O3/c1-6-17(4)28-25(31)18(5)29(14-21-22(26)8-7-9-23(21)27)24(30)15-32-20-12-10-19(11-13-20)16(2)3/h7-13,16-18H,6,14-15H2,1-5H3,(H,28,31)/t17-,18+/m0/s1. The van der Waals surface area contributed by atoms with Crippen LogP contribution in [0.2, 0.25) is 10.0 Å². The number of hydrogen-bond donors (Lipinski definition) is 1. The summed E-state index contributed by atoms with van der Waals surface area (Å²) in [5.41, 5.74) is 1.78. The minimum Gasteiger partial charge on any atom is -0.484 e. The minimum atomic E-state index is -0.726. The van der Waals surface area contributed by atoms with Crippen molar-refractivity contribution < 1.29 is 14.3 Å². The average Bonchev–Trinajstić information content (AvgIpc) is 2.77. The number of nitrogens with one attached hydrogen (secondary N) is 1. The molecule has 2 aromatic rings. The first-order valence-corrected chi connectivity index (χ1v) is 11.6. The zero-order valence-corrected chi connectivity index (χ0v) is 20.8. The van der Waals surface area contributed by atoms with Crippen LogP contribution in [0.15, 0.2) is 42.5 Å². The fourth-order valence-electron chi connectivity index (χ4n) is 3.08. The van der Waals surface area contributed by atoms with E-state index in [0.717, 1.165) is 6.42 Å². The smallest absolute Gasteiger partial charge is 0.261 e. The van der Waals surface area contributed by atoms with Gasteiger partial charge in [-0.05, 0) is 56.0 Å². The van der Waals surface area contributed by atoms with Gasteiger partial charge in [0.1, 0.15) is 11.8 Å². The van der Waals surface area contributed by atoms with Gasteiger partial charge in [-0.1, -0.05) is 62.2 Å². The molecule has 0 heterocycles. The lowest BCUT2D eigenvalue weighted by atomic mass is 10.0. The van der Waals surface area contributed by atoms with E-state index < -0.39 is 6.04 Å². The van der Waals surface area contributed by atoms with Crippen molar-refractivity contribution in [3.63, 3.8) is 0 Å². The largest absolute Gasteiger partial charge is 0.484 e. The quantitative estimate of drug-likeness (QED) is 0.467. The van der Waals surface area contributed by atoms with Gasteiger partial charge in [-0.25, -0.2) is 0 Å². The lowest BCUT2D eigenvalue weighted by Gasteiger charge is -2.30. The second kappa shape index (κ2) is 12.1. The Labute approximate surface area is 201 Å². The van der Waals surface area contributed by atoms with Gasteiger partial charge in [0.15, 0.2) is 6.61 Å². The van der Waals surface area contributed by atoms with Crippen molar-refractivity contribution in [1.82, 2.24) is 10.2 Å². The van der Waals surface area contributed by atoms with E-state index in [1.165, 1.54) is 10.5 Å². The van der Waals surface area contributed by atoms with Gasteiger partial charge in [0, 0.05) is 28.2 Å². The van der Waals surface area contributed by atoms with Crippen molar-refractivity contribution in [1.29, 1.82) is 0 Å². The topological polar surface area (TPSA) is 58.6 Å². The van der Waals surface area contributed by atoms with Crippen LogP contribution in [0.25, 0.3) is 0 Å². The number of amides is 2. The molecule has 0 aromatic heterocycles. The van der Waals surface area contributed by atoms with Crippen molar-refractivity contribution in [3.05, 3.63) is 63.6 Å². The molecule has 0 saturated heterocycles. The summed E-state index contributed by atoms with van der Waals surface area (Å²) >= 11 is 12.7. The molecule has 2 rings (SSSR count). The van der Waals surface area contributed by atoms with E-state index in [-0.39, 0.29) is 31.0 Å². The highest BCUT2D eigenvalue weighted by Gasteiger charge is 2.28. The molecule has 174 valence electrons. The van der Waals surface area contributed by atoms with E-state index >= 15 is 0 Å². The summed E-state index contributed by atoms with van der Waals surface area (Å²) in [5, 5.41) is 3.81. The third kappa shape index (κ3) is 7.14. The van der Waals surface area contributed by atoms with Gasteiger partial charge in [-0.3, -0.25) is 9.59 Å². The summed E-state index contributed by atoms with van der Waals surface area (Å²) in [5.74, 6) is 0.430. The van der Waals surface area contributed by atoms with Gasteiger partial charge in [0.25, 0.3) is 5.91 Å². The maximum absolute atomic E-state index is 13.2. The molecule has 2 aromatic carbocycles.